The third kappa shape index (κ3) is 5.01. The molecule has 0 atom stereocenters. The smallest absolute Gasteiger partial charge is 0.145 e. The number of hydrogen-bond acceptors (Lipinski definition) is 4. The molecule has 0 N–H and O–H groups in total. The van der Waals surface area contributed by atoms with Gasteiger partial charge in [-0.25, -0.2) is 20.0 Å². The highest BCUT2D eigenvalue weighted by Crippen LogP contribution is 2.41. The van der Waals surface area contributed by atoms with Crippen molar-refractivity contribution >= 4 is 21.1 Å². The van der Waals surface area contributed by atoms with Crippen LogP contribution >= 0.6 is 10.0 Å². The molecule has 35 heavy (non-hydrogen) atoms. The van der Waals surface area contributed by atoms with Crippen LogP contribution in [0.4, 0.5) is 0 Å². The Kier molecular flexibility index (Phi) is 6.71. The summed E-state index contributed by atoms with van der Waals surface area (Å²) in [6.45, 7) is 1.96. The van der Waals surface area contributed by atoms with Crippen molar-refractivity contribution in [2.75, 3.05) is 44.8 Å². The Morgan fingerprint density at radius 2 is 1.74 bits per heavy atom. The summed E-state index contributed by atoms with van der Waals surface area (Å²) >= 11 is 0. The van der Waals surface area contributed by atoms with Gasteiger partial charge in [-0.15, -0.1) is 0 Å². The largest absolute Gasteiger partial charge is 0.384 e. The minimum Gasteiger partial charge on any atom is -0.384 e. The first-order chi connectivity index (χ1) is 16.9. The first kappa shape index (κ1) is 24.0. The number of rotatable bonds is 9. The van der Waals surface area contributed by atoms with E-state index in [1.807, 2.05) is 0 Å². The summed E-state index contributed by atoms with van der Waals surface area (Å²) in [7, 11) is 1.24. The summed E-state index contributed by atoms with van der Waals surface area (Å²) in [6, 6.07) is 19.7. The second-order valence-corrected chi connectivity index (χ2v) is 15.1. The zero-order valence-corrected chi connectivity index (χ0v) is 22.0. The molecule has 2 aromatic carbocycles. The molecular formula is C29H35N3O2S. The fourth-order valence-corrected chi connectivity index (χ4v) is 5.78. The van der Waals surface area contributed by atoms with Crippen LogP contribution in [0.5, 0.6) is 0 Å². The Balaban J connectivity index is 1.44. The minimum absolute atomic E-state index is 0.0601. The third-order valence-corrected chi connectivity index (χ3v) is 8.36. The lowest BCUT2D eigenvalue weighted by atomic mass is 9.77. The number of benzene rings is 2. The van der Waals surface area contributed by atoms with Crippen LogP contribution < -0.4 is 0 Å². The van der Waals surface area contributed by atoms with Crippen LogP contribution in [0, 0.1) is 0 Å². The van der Waals surface area contributed by atoms with Gasteiger partial charge in [0.05, 0.1) is 18.9 Å². The Hall–Kier alpha value is -2.67. The molecular weight excluding hydrogens is 454 g/mol. The second kappa shape index (κ2) is 9.76. The standard InChI is InChI=1S/C29H35N3O2S/c1-33-19-29(17-23-8-5-6-9-24(23)18-29)25-11-7-10-22(16-25)27-26-12-13-32(28(26)31-20-30-27)21-34-14-15-35(2,3)4/h5-13,16,20H,14-15,17-19,21H2,1-4H3. The Bertz CT molecular complexity index is 1300. The lowest BCUT2D eigenvalue weighted by molar-refractivity contribution is 0.0923. The van der Waals surface area contributed by atoms with Gasteiger partial charge in [0.15, 0.2) is 0 Å². The molecule has 5 nitrogen and oxygen atoms in total. The van der Waals surface area contributed by atoms with Crippen LogP contribution in [-0.2, 0) is 34.5 Å². The molecule has 0 radical (unpaired) electrons. The average molecular weight is 490 g/mol. The zero-order chi connectivity index (χ0) is 24.5. The maximum atomic E-state index is 5.97. The summed E-state index contributed by atoms with van der Waals surface area (Å²) in [5.74, 6) is 1.10. The molecule has 0 aliphatic heterocycles. The molecule has 0 spiro atoms. The number of hydrogen-bond donors (Lipinski definition) is 0. The fraction of sp³-hybridized carbons (Fsp3) is 0.379. The van der Waals surface area contributed by atoms with Crippen molar-refractivity contribution in [3.63, 3.8) is 0 Å². The van der Waals surface area contributed by atoms with Crippen LogP contribution in [0.2, 0.25) is 0 Å². The highest BCUT2D eigenvalue weighted by atomic mass is 32.3. The van der Waals surface area contributed by atoms with Crippen LogP contribution in [0.1, 0.15) is 16.7 Å². The Labute approximate surface area is 209 Å². The van der Waals surface area contributed by atoms with Crippen LogP contribution in [0.25, 0.3) is 22.3 Å². The van der Waals surface area contributed by atoms with Gasteiger partial charge in [0.2, 0.25) is 0 Å². The maximum Gasteiger partial charge on any atom is 0.145 e. The molecule has 0 saturated heterocycles. The number of nitrogens with zero attached hydrogens (tertiary/aromatic N) is 3. The highest BCUT2D eigenvalue weighted by Gasteiger charge is 2.39. The molecule has 2 heterocycles. The quantitative estimate of drug-likeness (QED) is 0.293. The van der Waals surface area contributed by atoms with E-state index in [1.54, 1.807) is 13.4 Å². The predicted octanol–water partition coefficient (Wildman–Crippen LogP) is 5.45. The SMILES string of the molecule is COCC1(c2cccc(-c3ncnc4c3ccn4COCCS(C)(C)C)c2)Cc2ccccc2C1. The second-order valence-electron chi connectivity index (χ2n) is 10.5. The first-order valence-corrected chi connectivity index (χ1v) is 15.1. The molecule has 2 aromatic heterocycles. The monoisotopic (exact) mass is 489 g/mol. The normalized spacial score (nSPS) is 15.4. The van der Waals surface area contributed by atoms with Gasteiger partial charge in [0.25, 0.3) is 0 Å². The Morgan fingerprint density at radius 3 is 2.46 bits per heavy atom. The molecule has 4 aromatic rings. The number of ether oxygens (including phenoxy) is 2. The lowest BCUT2D eigenvalue weighted by Gasteiger charge is -2.29. The van der Waals surface area contributed by atoms with Crippen molar-refractivity contribution < 1.29 is 9.47 Å². The highest BCUT2D eigenvalue weighted by molar-refractivity contribution is 8.32. The predicted molar refractivity (Wildman–Crippen MR) is 147 cm³/mol. The van der Waals surface area contributed by atoms with Gasteiger partial charge in [0.1, 0.15) is 18.7 Å². The van der Waals surface area contributed by atoms with E-state index < -0.39 is 10.0 Å². The van der Waals surface area contributed by atoms with E-state index in [-0.39, 0.29) is 5.41 Å². The molecule has 0 saturated carbocycles. The average Bonchev–Trinajstić information content (AvgIpc) is 3.43. The lowest BCUT2D eigenvalue weighted by Crippen LogP contribution is -2.32. The molecule has 1 aliphatic carbocycles. The molecule has 0 fully saturated rings. The van der Waals surface area contributed by atoms with Crippen LogP contribution in [0.3, 0.4) is 0 Å². The van der Waals surface area contributed by atoms with Crippen LogP contribution in [-0.4, -0.2) is 59.4 Å². The van der Waals surface area contributed by atoms with E-state index in [0.717, 1.165) is 47.5 Å². The molecule has 0 unspecified atom stereocenters. The van der Waals surface area contributed by atoms with E-state index in [0.29, 0.717) is 13.3 Å². The van der Waals surface area contributed by atoms with Crippen molar-refractivity contribution in [2.24, 2.45) is 0 Å². The van der Waals surface area contributed by atoms with Gasteiger partial charge in [-0.3, -0.25) is 0 Å². The summed E-state index contributed by atoms with van der Waals surface area (Å²) in [5.41, 5.74) is 7.05. The molecule has 184 valence electrons. The van der Waals surface area contributed by atoms with Crippen molar-refractivity contribution in [1.82, 2.24) is 14.5 Å². The molecule has 1 aliphatic rings. The molecule has 5 rings (SSSR count). The summed E-state index contributed by atoms with van der Waals surface area (Å²) in [6.07, 6.45) is 12.6. The van der Waals surface area contributed by atoms with Crippen molar-refractivity contribution in [3.05, 3.63) is 83.8 Å². The van der Waals surface area contributed by atoms with Gasteiger partial charge in [-0.2, -0.15) is 0 Å². The maximum absolute atomic E-state index is 5.97. The van der Waals surface area contributed by atoms with Crippen molar-refractivity contribution in [2.45, 2.75) is 25.0 Å². The van der Waals surface area contributed by atoms with Gasteiger partial charge in [-0.05, 0) is 60.4 Å². The van der Waals surface area contributed by atoms with Crippen molar-refractivity contribution in [3.8, 4) is 11.3 Å². The van der Waals surface area contributed by atoms with E-state index in [1.165, 1.54) is 16.7 Å². The van der Waals surface area contributed by atoms with Crippen molar-refractivity contribution in [1.29, 1.82) is 0 Å². The van der Waals surface area contributed by atoms with Gasteiger partial charge >= 0.3 is 0 Å². The minimum atomic E-state index is -0.557. The summed E-state index contributed by atoms with van der Waals surface area (Å²) < 4.78 is 13.8. The van der Waals surface area contributed by atoms with E-state index in [4.69, 9.17) is 14.5 Å². The zero-order valence-electron chi connectivity index (χ0n) is 21.2. The third-order valence-electron chi connectivity index (χ3n) is 6.97. The topological polar surface area (TPSA) is 49.2 Å². The summed E-state index contributed by atoms with van der Waals surface area (Å²) in [4.78, 5) is 9.28. The Morgan fingerprint density at radius 1 is 0.971 bits per heavy atom. The van der Waals surface area contributed by atoms with E-state index in [9.17, 15) is 0 Å². The first-order valence-electron chi connectivity index (χ1n) is 12.1. The fourth-order valence-electron chi connectivity index (χ4n) is 5.17. The van der Waals surface area contributed by atoms with E-state index in [2.05, 4.69) is 89.1 Å². The van der Waals surface area contributed by atoms with Gasteiger partial charge < -0.3 is 14.0 Å². The number of aromatic nitrogens is 3. The van der Waals surface area contributed by atoms with E-state index >= 15 is 0 Å². The van der Waals surface area contributed by atoms with Crippen LogP contribution in [0.15, 0.2) is 67.1 Å². The summed E-state index contributed by atoms with van der Waals surface area (Å²) in [5, 5.41) is 1.05. The number of fused-ring (bicyclic) bond motifs is 2. The molecule has 0 amide bonds. The molecule has 6 heteroatoms. The van der Waals surface area contributed by atoms with Gasteiger partial charge in [-0.1, -0.05) is 42.5 Å². The molecule has 0 bridgehead atoms. The van der Waals surface area contributed by atoms with Gasteiger partial charge in [0, 0.05) is 35.4 Å². The number of methoxy groups -OCH3 is 1.